The lowest BCUT2D eigenvalue weighted by molar-refractivity contribution is -0.117. The van der Waals surface area contributed by atoms with Gasteiger partial charge in [0.05, 0.1) is 17.8 Å². The van der Waals surface area contributed by atoms with Crippen molar-refractivity contribution in [3.63, 3.8) is 0 Å². The van der Waals surface area contributed by atoms with E-state index in [-0.39, 0.29) is 11.8 Å². The Kier molecular flexibility index (Phi) is 5.46. The Bertz CT molecular complexity index is 1130. The summed E-state index contributed by atoms with van der Waals surface area (Å²) in [6.45, 7) is 2.33. The number of aryl methyl sites for hydroxylation is 1. The molecule has 0 unspecified atom stereocenters. The molecule has 154 valence electrons. The fourth-order valence-electron chi connectivity index (χ4n) is 3.55. The highest BCUT2D eigenvalue weighted by Gasteiger charge is 2.26. The standard InChI is InChI=1S/C22H20ClN3O4/c1-13-20(21(25-30-13)15-6-3-4-7-16(15)23)22(28)24-14-9-10-17(18(12-14)29-2)26-11-5-8-19(26)27/h3-4,6-7,9-10,12H,5,8,11H2,1-2H3,(H,24,28). The zero-order chi connectivity index (χ0) is 21.3. The zero-order valence-electron chi connectivity index (χ0n) is 16.6. The van der Waals surface area contributed by atoms with Gasteiger partial charge in [-0.1, -0.05) is 35.0 Å². The minimum Gasteiger partial charge on any atom is -0.494 e. The highest BCUT2D eigenvalue weighted by molar-refractivity contribution is 6.33. The summed E-state index contributed by atoms with van der Waals surface area (Å²) >= 11 is 6.27. The van der Waals surface area contributed by atoms with Crippen molar-refractivity contribution in [2.24, 2.45) is 0 Å². The van der Waals surface area contributed by atoms with E-state index >= 15 is 0 Å². The summed E-state index contributed by atoms with van der Waals surface area (Å²) in [5.41, 5.74) is 2.51. The maximum Gasteiger partial charge on any atom is 0.261 e. The van der Waals surface area contributed by atoms with Crippen LogP contribution in [0.4, 0.5) is 11.4 Å². The Morgan fingerprint density at radius 3 is 2.77 bits per heavy atom. The van der Waals surface area contributed by atoms with Crippen molar-refractivity contribution < 1.29 is 18.8 Å². The highest BCUT2D eigenvalue weighted by atomic mass is 35.5. The molecular formula is C22H20ClN3O4. The molecule has 1 aliphatic rings. The fourth-order valence-corrected chi connectivity index (χ4v) is 3.78. The van der Waals surface area contributed by atoms with Gasteiger partial charge >= 0.3 is 0 Å². The van der Waals surface area contributed by atoms with Crippen LogP contribution in [0.5, 0.6) is 5.75 Å². The lowest BCUT2D eigenvalue weighted by Crippen LogP contribution is -2.24. The van der Waals surface area contributed by atoms with Crippen molar-refractivity contribution in [1.29, 1.82) is 0 Å². The van der Waals surface area contributed by atoms with E-state index in [1.54, 1.807) is 48.2 Å². The zero-order valence-corrected chi connectivity index (χ0v) is 17.3. The van der Waals surface area contributed by atoms with Gasteiger partial charge in [-0.3, -0.25) is 9.59 Å². The van der Waals surface area contributed by atoms with Gasteiger partial charge in [0.25, 0.3) is 5.91 Å². The number of benzene rings is 2. The SMILES string of the molecule is COc1cc(NC(=O)c2c(-c3ccccc3Cl)noc2C)ccc1N1CCCC1=O. The molecule has 1 aliphatic heterocycles. The van der Waals surface area contributed by atoms with Crippen LogP contribution in [-0.4, -0.2) is 30.6 Å². The third-order valence-electron chi connectivity index (χ3n) is 5.02. The molecule has 2 amide bonds. The van der Waals surface area contributed by atoms with Gasteiger partial charge in [0.15, 0.2) is 0 Å². The van der Waals surface area contributed by atoms with Crippen molar-refractivity contribution in [3.8, 4) is 17.0 Å². The molecule has 8 heteroatoms. The summed E-state index contributed by atoms with van der Waals surface area (Å²) in [7, 11) is 1.53. The number of aromatic nitrogens is 1. The Hall–Kier alpha value is -3.32. The smallest absolute Gasteiger partial charge is 0.261 e. The van der Waals surface area contributed by atoms with Crippen LogP contribution in [0.1, 0.15) is 29.0 Å². The molecule has 2 heterocycles. The molecule has 1 aromatic heterocycles. The first kappa shape index (κ1) is 20.0. The number of halogens is 1. The summed E-state index contributed by atoms with van der Waals surface area (Å²) in [5, 5.41) is 7.36. The van der Waals surface area contributed by atoms with Crippen LogP contribution in [0.2, 0.25) is 5.02 Å². The molecule has 4 rings (SSSR count). The molecule has 3 aromatic rings. The molecule has 2 aromatic carbocycles. The number of nitrogens with one attached hydrogen (secondary N) is 1. The molecule has 1 fully saturated rings. The van der Waals surface area contributed by atoms with E-state index in [2.05, 4.69) is 10.5 Å². The van der Waals surface area contributed by atoms with E-state index in [1.165, 1.54) is 7.11 Å². The van der Waals surface area contributed by atoms with E-state index in [0.29, 0.717) is 57.7 Å². The van der Waals surface area contributed by atoms with Crippen LogP contribution in [0.25, 0.3) is 11.3 Å². The van der Waals surface area contributed by atoms with E-state index in [4.69, 9.17) is 20.9 Å². The van der Waals surface area contributed by atoms with Crippen molar-refractivity contribution in [1.82, 2.24) is 5.16 Å². The lowest BCUT2D eigenvalue weighted by Gasteiger charge is -2.19. The predicted octanol–water partition coefficient (Wildman–Crippen LogP) is 4.69. The first-order valence-corrected chi connectivity index (χ1v) is 9.88. The molecular weight excluding hydrogens is 406 g/mol. The van der Waals surface area contributed by atoms with Crippen molar-refractivity contribution in [3.05, 3.63) is 58.8 Å². The molecule has 0 aliphatic carbocycles. The largest absolute Gasteiger partial charge is 0.494 e. The first-order chi connectivity index (χ1) is 14.5. The molecule has 7 nitrogen and oxygen atoms in total. The molecule has 0 saturated carbocycles. The molecule has 0 atom stereocenters. The quantitative estimate of drug-likeness (QED) is 0.640. The number of rotatable bonds is 5. The maximum atomic E-state index is 13.0. The lowest BCUT2D eigenvalue weighted by atomic mass is 10.1. The molecule has 1 N–H and O–H groups in total. The van der Waals surface area contributed by atoms with Gasteiger partial charge in [0.1, 0.15) is 22.8 Å². The van der Waals surface area contributed by atoms with E-state index in [1.807, 2.05) is 6.07 Å². The van der Waals surface area contributed by atoms with Gasteiger partial charge in [0.2, 0.25) is 5.91 Å². The van der Waals surface area contributed by atoms with Crippen LogP contribution < -0.4 is 15.0 Å². The Morgan fingerprint density at radius 1 is 1.27 bits per heavy atom. The van der Waals surface area contributed by atoms with Crippen molar-refractivity contribution in [2.75, 3.05) is 23.9 Å². The number of carbonyl (C=O) groups is 2. The number of anilines is 2. The molecule has 0 bridgehead atoms. The van der Waals surface area contributed by atoms with Crippen LogP contribution in [-0.2, 0) is 4.79 Å². The second kappa shape index (κ2) is 8.20. The Balaban J connectivity index is 1.63. The van der Waals surface area contributed by atoms with E-state index in [0.717, 1.165) is 6.42 Å². The highest BCUT2D eigenvalue weighted by Crippen LogP contribution is 2.35. The van der Waals surface area contributed by atoms with Gasteiger partial charge in [-0.2, -0.15) is 0 Å². The van der Waals surface area contributed by atoms with Gasteiger partial charge in [-0.05, 0) is 31.5 Å². The number of amides is 2. The minimum absolute atomic E-state index is 0.0644. The Morgan fingerprint density at radius 2 is 2.07 bits per heavy atom. The first-order valence-electron chi connectivity index (χ1n) is 9.50. The third kappa shape index (κ3) is 3.64. The van der Waals surface area contributed by atoms with Crippen LogP contribution in [0, 0.1) is 6.92 Å². The number of methoxy groups -OCH3 is 1. The van der Waals surface area contributed by atoms with E-state index < -0.39 is 0 Å². The summed E-state index contributed by atoms with van der Waals surface area (Å²) in [6, 6.07) is 12.3. The van der Waals surface area contributed by atoms with Crippen LogP contribution in [0.15, 0.2) is 47.0 Å². The minimum atomic E-state index is -0.379. The van der Waals surface area contributed by atoms with Gasteiger partial charge in [-0.15, -0.1) is 0 Å². The summed E-state index contributed by atoms with van der Waals surface area (Å²) < 4.78 is 10.7. The number of ether oxygens (including phenoxy) is 1. The second-order valence-corrected chi connectivity index (χ2v) is 7.34. The number of nitrogens with zero attached hydrogens (tertiary/aromatic N) is 2. The predicted molar refractivity (Wildman–Crippen MR) is 114 cm³/mol. The number of hydrogen-bond acceptors (Lipinski definition) is 5. The van der Waals surface area contributed by atoms with Crippen molar-refractivity contribution in [2.45, 2.75) is 19.8 Å². The molecule has 30 heavy (non-hydrogen) atoms. The van der Waals surface area contributed by atoms with E-state index in [9.17, 15) is 9.59 Å². The second-order valence-electron chi connectivity index (χ2n) is 6.93. The molecule has 0 radical (unpaired) electrons. The van der Waals surface area contributed by atoms with Gasteiger partial charge in [0, 0.05) is 30.3 Å². The summed E-state index contributed by atoms with van der Waals surface area (Å²) in [6.07, 6.45) is 1.34. The van der Waals surface area contributed by atoms with Crippen LogP contribution >= 0.6 is 11.6 Å². The third-order valence-corrected chi connectivity index (χ3v) is 5.35. The van der Waals surface area contributed by atoms with Crippen molar-refractivity contribution >= 4 is 34.8 Å². The molecule has 1 saturated heterocycles. The molecule has 0 spiro atoms. The average molecular weight is 426 g/mol. The number of hydrogen-bond donors (Lipinski definition) is 1. The maximum absolute atomic E-state index is 13.0. The summed E-state index contributed by atoms with van der Waals surface area (Å²) in [5.74, 6) is 0.579. The van der Waals surface area contributed by atoms with Crippen LogP contribution in [0.3, 0.4) is 0 Å². The monoisotopic (exact) mass is 425 g/mol. The Labute approximate surface area is 178 Å². The number of carbonyl (C=O) groups excluding carboxylic acids is 2. The topological polar surface area (TPSA) is 84.7 Å². The summed E-state index contributed by atoms with van der Waals surface area (Å²) in [4.78, 5) is 26.8. The normalized spacial score (nSPS) is 13.6. The van der Waals surface area contributed by atoms with Gasteiger partial charge in [-0.25, -0.2) is 0 Å². The fraction of sp³-hybridized carbons (Fsp3) is 0.227. The van der Waals surface area contributed by atoms with Gasteiger partial charge < -0.3 is 19.5 Å². The average Bonchev–Trinajstić information content (AvgIpc) is 3.33.